The zero-order chi connectivity index (χ0) is 25.8. The van der Waals surface area contributed by atoms with Crippen molar-refractivity contribution in [2.45, 2.75) is 19.1 Å². The third-order valence-corrected chi connectivity index (χ3v) is 6.09. The zero-order valence-electron chi connectivity index (χ0n) is 20.4. The molecule has 2 atom stereocenters. The molecule has 186 valence electrons. The van der Waals surface area contributed by atoms with E-state index in [9.17, 15) is 14.0 Å². The highest BCUT2D eigenvalue weighted by molar-refractivity contribution is 6.34. The summed E-state index contributed by atoms with van der Waals surface area (Å²) in [5, 5.41) is 7.62. The minimum absolute atomic E-state index is 0.316. The van der Waals surface area contributed by atoms with E-state index < -0.39 is 24.0 Å². The molecule has 0 unspecified atom stereocenters. The van der Waals surface area contributed by atoms with Gasteiger partial charge in [-0.15, -0.1) is 0 Å². The molecule has 1 heterocycles. The van der Waals surface area contributed by atoms with Crippen molar-refractivity contribution < 1.29 is 23.5 Å². The molecule has 36 heavy (non-hydrogen) atoms. The smallest absolute Gasteiger partial charge is 0.311 e. The van der Waals surface area contributed by atoms with Crippen LogP contribution in [0.2, 0.25) is 0 Å². The van der Waals surface area contributed by atoms with Gasteiger partial charge < -0.3 is 19.7 Å². The molecule has 4 rings (SSSR count). The standard InChI is InChI=1S/C27H27FN4O4/c1-17(31(3)27(34)26(33)29-2)25(18-6-5-7-22(14-18)35-4)36-23-12-13-24-19(15-23)16-30-32(24)21-10-8-20(28)9-11-21/h5-17,25H,1-4H3,(H,29,33)/t17-,25-/m0/s1. The van der Waals surface area contributed by atoms with Crippen molar-refractivity contribution in [1.29, 1.82) is 0 Å². The van der Waals surface area contributed by atoms with Gasteiger partial charge >= 0.3 is 11.8 Å². The van der Waals surface area contributed by atoms with Gasteiger partial charge in [0.05, 0.1) is 30.6 Å². The average Bonchev–Trinajstić information content (AvgIpc) is 3.33. The van der Waals surface area contributed by atoms with Crippen LogP contribution < -0.4 is 14.8 Å². The number of methoxy groups -OCH3 is 1. The van der Waals surface area contributed by atoms with Crippen LogP contribution >= 0.6 is 0 Å². The van der Waals surface area contributed by atoms with Crippen molar-refractivity contribution in [1.82, 2.24) is 20.0 Å². The van der Waals surface area contributed by atoms with E-state index in [0.717, 1.165) is 22.2 Å². The second-order valence-electron chi connectivity index (χ2n) is 8.30. The summed E-state index contributed by atoms with van der Waals surface area (Å²) in [5.74, 6) is -0.490. The molecule has 0 aliphatic rings. The lowest BCUT2D eigenvalue weighted by Crippen LogP contribution is -2.46. The predicted octanol–water partition coefficient (Wildman–Crippen LogP) is 3.89. The Morgan fingerprint density at radius 3 is 2.50 bits per heavy atom. The van der Waals surface area contributed by atoms with Crippen molar-refractivity contribution >= 4 is 22.7 Å². The van der Waals surface area contributed by atoms with Gasteiger partial charge in [0.25, 0.3) is 0 Å². The summed E-state index contributed by atoms with van der Waals surface area (Å²) in [4.78, 5) is 25.9. The molecule has 2 amide bonds. The molecular formula is C27H27FN4O4. The Labute approximate surface area is 208 Å². The molecule has 0 aliphatic carbocycles. The van der Waals surface area contributed by atoms with Gasteiger partial charge in [-0.3, -0.25) is 9.59 Å². The summed E-state index contributed by atoms with van der Waals surface area (Å²) in [6.07, 6.45) is 1.10. The lowest BCUT2D eigenvalue weighted by atomic mass is 10.0. The van der Waals surface area contributed by atoms with Crippen molar-refractivity contribution in [2.24, 2.45) is 0 Å². The summed E-state index contributed by atoms with van der Waals surface area (Å²) < 4.78 is 26.8. The number of hydrogen-bond donors (Lipinski definition) is 1. The second-order valence-corrected chi connectivity index (χ2v) is 8.30. The number of carbonyl (C=O) groups excluding carboxylic acids is 2. The van der Waals surface area contributed by atoms with E-state index >= 15 is 0 Å². The van der Waals surface area contributed by atoms with Gasteiger partial charge in [0.2, 0.25) is 0 Å². The maximum absolute atomic E-state index is 13.3. The first-order valence-corrected chi connectivity index (χ1v) is 11.4. The molecule has 0 radical (unpaired) electrons. The molecule has 0 aliphatic heterocycles. The normalized spacial score (nSPS) is 12.6. The minimum atomic E-state index is -0.705. The third-order valence-electron chi connectivity index (χ3n) is 6.09. The van der Waals surface area contributed by atoms with Crippen LogP contribution in [0.25, 0.3) is 16.6 Å². The number of fused-ring (bicyclic) bond motifs is 1. The van der Waals surface area contributed by atoms with E-state index in [-0.39, 0.29) is 5.82 Å². The van der Waals surface area contributed by atoms with Crippen LogP contribution in [0.3, 0.4) is 0 Å². The summed E-state index contributed by atoms with van der Waals surface area (Å²) in [7, 11) is 4.55. The number of nitrogens with one attached hydrogen (secondary N) is 1. The molecule has 0 spiro atoms. The van der Waals surface area contributed by atoms with E-state index in [1.54, 1.807) is 37.2 Å². The number of ether oxygens (including phenoxy) is 2. The summed E-state index contributed by atoms with van der Waals surface area (Å²) in [6.45, 7) is 1.82. The van der Waals surface area contributed by atoms with E-state index in [2.05, 4.69) is 10.4 Å². The molecule has 1 aromatic heterocycles. The fourth-order valence-corrected chi connectivity index (χ4v) is 3.94. The minimum Gasteiger partial charge on any atom is -0.497 e. The highest BCUT2D eigenvalue weighted by Crippen LogP contribution is 2.31. The zero-order valence-corrected chi connectivity index (χ0v) is 20.4. The lowest BCUT2D eigenvalue weighted by molar-refractivity contribution is -0.147. The molecule has 4 aromatic rings. The Kier molecular flexibility index (Phi) is 7.19. The van der Waals surface area contributed by atoms with Gasteiger partial charge in [0.1, 0.15) is 23.4 Å². The molecule has 0 saturated heterocycles. The number of nitrogens with zero attached hydrogens (tertiary/aromatic N) is 3. The van der Waals surface area contributed by atoms with Crippen molar-refractivity contribution in [3.8, 4) is 17.2 Å². The molecule has 9 heteroatoms. The van der Waals surface area contributed by atoms with E-state index in [0.29, 0.717) is 11.5 Å². The van der Waals surface area contributed by atoms with Gasteiger partial charge in [-0.1, -0.05) is 12.1 Å². The third kappa shape index (κ3) is 5.00. The summed E-state index contributed by atoms with van der Waals surface area (Å²) in [5.41, 5.74) is 2.34. The first-order valence-electron chi connectivity index (χ1n) is 11.4. The van der Waals surface area contributed by atoms with Gasteiger partial charge in [0, 0.05) is 19.5 Å². The summed E-state index contributed by atoms with van der Waals surface area (Å²) in [6, 6.07) is 18.5. The molecule has 0 saturated carbocycles. The van der Waals surface area contributed by atoms with Crippen molar-refractivity contribution in [3.63, 3.8) is 0 Å². The number of amides is 2. The van der Waals surface area contributed by atoms with Gasteiger partial charge in [-0.25, -0.2) is 9.07 Å². The van der Waals surface area contributed by atoms with Crippen LogP contribution in [-0.4, -0.2) is 53.7 Å². The molecule has 3 aromatic carbocycles. The molecule has 0 fully saturated rings. The largest absolute Gasteiger partial charge is 0.497 e. The molecule has 0 bridgehead atoms. The molecule has 8 nitrogen and oxygen atoms in total. The van der Waals surface area contributed by atoms with Crippen LogP contribution in [0, 0.1) is 5.82 Å². The number of halogens is 1. The number of hydrogen-bond acceptors (Lipinski definition) is 5. The first kappa shape index (κ1) is 24.7. The number of benzene rings is 3. The average molecular weight is 491 g/mol. The number of aromatic nitrogens is 2. The number of rotatable bonds is 7. The van der Waals surface area contributed by atoms with Crippen LogP contribution in [0.5, 0.6) is 11.5 Å². The quantitative estimate of drug-likeness (QED) is 0.398. The summed E-state index contributed by atoms with van der Waals surface area (Å²) >= 11 is 0. The Balaban J connectivity index is 1.68. The predicted molar refractivity (Wildman–Crippen MR) is 134 cm³/mol. The lowest BCUT2D eigenvalue weighted by Gasteiger charge is -2.32. The van der Waals surface area contributed by atoms with E-state index in [4.69, 9.17) is 9.47 Å². The van der Waals surface area contributed by atoms with Crippen LogP contribution in [0.4, 0.5) is 4.39 Å². The van der Waals surface area contributed by atoms with Crippen LogP contribution in [-0.2, 0) is 9.59 Å². The van der Waals surface area contributed by atoms with Crippen molar-refractivity contribution in [2.75, 3.05) is 21.2 Å². The highest BCUT2D eigenvalue weighted by Gasteiger charge is 2.31. The fraction of sp³-hybridized carbons (Fsp3) is 0.222. The Morgan fingerprint density at radius 1 is 1.06 bits per heavy atom. The van der Waals surface area contributed by atoms with Crippen molar-refractivity contribution in [3.05, 3.63) is 84.3 Å². The Hall–Kier alpha value is -4.40. The SMILES string of the molecule is CNC(=O)C(=O)N(C)[C@@H](C)[C@H](Oc1ccc2c(cnn2-c2ccc(F)cc2)c1)c1cccc(OC)c1. The van der Waals surface area contributed by atoms with E-state index in [1.807, 2.05) is 49.4 Å². The highest BCUT2D eigenvalue weighted by atomic mass is 19.1. The first-order chi connectivity index (χ1) is 17.3. The maximum Gasteiger partial charge on any atom is 0.311 e. The fourth-order valence-electron chi connectivity index (χ4n) is 3.94. The molecular weight excluding hydrogens is 463 g/mol. The number of likely N-dealkylation sites (N-methyl/N-ethyl adjacent to an activating group) is 2. The Morgan fingerprint density at radius 2 is 1.81 bits per heavy atom. The number of carbonyl (C=O) groups is 2. The Bertz CT molecular complexity index is 1390. The van der Waals surface area contributed by atoms with Crippen LogP contribution in [0.1, 0.15) is 18.6 Å². The topological polar surface area (TPSA) is 85.7 Å². The van der Waals surface area contributed by atoms with Gasteiger partial charge in [-0.05, 0) is 67.1 Å². The van der Waals surface area contributed by atoms with Gasteiger partial charge in [0.15, 0.2) is 0 Å². The molecule has 1 N–H and O–H groups in total. The maximum atomic E-state index is 13.3. The monoisotopic (exact) mass is 490 g/mol. The van der Waals surface area contributed by atoms with Crippen LogP contribution in [0.15, 0.2) is 72.9 Å². The second kappa shape index (κ2) is 10.5. The van der Waals surface area contributed by atoms with Gasteiger partial charge in [-0.2, -0.15) is 5.10 Å². The van der Waals surface area contributed by atoms with E-state index in [1.165, 1.54) is 24.1 Å².